The van der Waals surface area contributed by atoms with Crippen LogP contribution in [0.4, 0.5) is 11.4 Å². The molecule has 1 unspecified atom stereocenters. The van der Waals surface area contributed by atoms with E-state index in [1.165, 1.54) is 31.6 Å². The molecule has 8 heteroatoms. The summed E-state index contributed by atoms with van der Waals surface area (Å²) in [5.74, 6) is -1.17. The summed E-state index contributed by atoms with van der Waals surface area (Å²) in [5, 5.41) is 8.19. The SMILES string of the molecule is CC(=O)Nc1cc(Cl)ccc1NC(=O)C(C)NC(=O)c1ccoc1. The van der Waals surface area contributed by atoms with E-state index in [1.807, 2.05) is 0 Å². The van der Waals surface area contributed by atoms with Gasteiger partial charge < -0.3 is 20.4 Å². The number of hydrogen-bond donors (Lipinski definition) is 3. The molecule has 2 rings (SSSR count). The molecule has 3 N–H and O–H groups in total. The molecular weight excluding hydrogens is 334 g/mol. The molecule has 126 valence electrons. The molecule has 3 amide bonds. The van der Waals surface area contributed by atoms with E-state index in [-0.39, 0.29) is 5.91 Å². The van der Waals surface area contributed by atoms with Crippen molar-refractivity contribution in [2.75, 3.05) is 10.6 Å². The predicted octanol–water partition coefficient (Wildman–Crippen LogP) is 2.65. The van der Waals surface area contributed by atoms with Gasteiger partial charge in [0.1, 0.15) is 12.3 Å². The molecule has 0 fully saturated rings. The van der Waals surface area contributed by atoms with Gasteiger partial charge in [-0.25, -0.2) is 0 Å². The molecule has 2 aromatic rings. The molecule has 24 heavy (non-hydrogen) atoms. The lowest BCUT2D eigenvalue weighted by Gasteiger charge is -2.16. The van der Waals surface area contributed by atoms with Crippen LogP contribution in [0.5, 0.6) is 0 Å². The van der Waals surface area contributed by atoms with Crippen LogP contribution in [0.3, 0.4) is 0 Å². The highest BCUT2D eigenvalue weighted by Gasteiger charge is 2.18. The Labute approximate surface area is 143 Å². The summed E-state index contributed by atoms with van der Waals surface area (Å²) in [4.78, 5) is 35.4. The molecule has 0 spiro atoms. The fourth-order valence-corrected chi connectivity index (χ4v) is 2.07. The molecule has 1 atom stereocenters. The minimum absolute atomic E-state index is 0.297. The van der Waals surface area contributed by atoms with Crippen LogP contribution >= 0.6 is 11.6 Å². The lowest BCUT2D eigenvalue weighted by Crippen LogP contribution is -2.41. The van der Waals surface area contributed by atoms with Crippen molar-refractivity contribution in [2.24, 2.45) is 0 Å². The molecule has 0 bridgehead atoms. The highest BCUT2D eigenvalue weighted by Crippen LogP contribution is 2.26. The number of carbonyl (C=O) groups is 3. The zero-order valence-corrected chi connectivity index (χ0v) is 13.8. The van der Waals surface area contributed by atoms with Gasteiger partial charge in [0.2, 0.25) is 11.8 Å². The second-order valence-corrected chi connectivity index (χ2v) is 5.50. The van der Waals surface area contributed by atoms with Crippen molar-refractivity contribution in [3.63, 3.8) is 0 Å². The van der Waals surface area contributed by atoms with Gasteiger partial charge in [0.15, 0.2) is 0 Å². The largest absolute Gasteiger partial charge is 0.472 e. The van der Waals surface area contributed by atoms with Gasteiger partial charge in [-0.1, -0.05) is 11.6 Å². The van der Waals surface area contributed by atoms with E-state index in [1.54, 1.807) is 19.1 Å². The average Bonchev–Trinajstić information content (AvgIpc) is 3.03. The predicted molar refractivity (Wildman–Crippen MR) is 90.0 cm³/mol. The maximum atomic E-state index is 12.2. The third kappa shape index (κ3) is 4.60. The Hall–Kier alpha value is -2.80. The summed E-state index contributed by atoms with van der Waals surface area (Å²) in [6, 6.07) is 5.36. The Kier molecular flexibility index (Phi) is 5.59. The Morgan fingerprint density at radius 1 is 1.12 bits per heavy atom. The number of anilines is 2. The molecule has 1 heterocycles. The number of carbonyl (C=O) groups excluding carboxylic acids is 3. The minimum atomic E-state index is -0.798. The third-order valence-corrected chi connectivity index (χ3v) is 3.31. The van der Waals surface area contributed by atoms with Crippen molar-refractivity contribution in [3.8, 4) is 0 Å². The van der Waals surface area contributed by atoms with Crippen LogP contribution in [-0.4, -0.2) is 23.8 Å². The maximum Gasteiger partial charge on any atom is 0.255 e. The van der Waals surface area contributed by atoms with Gasteiger partial charge in [-0.3, -0.25) is 14.4 Å². The lowest BCUT2D eigenvalue weighted by molar-refractivity contribution is -0.117. The quantitative estimate of drug-likeness (QED) is 0.772. The van der Waals surface area contributed by atoms with Crippen LogP contribution < -0.4 is 16.0 Å². The normalized spacial score (nSPS) is 11.5. The molecular formula is C16H16ClN3O4. The van der Waals surface area contributed by atoms with E-state index in [0.29, 0.717) is 22.0 Å². The summed E-state index contributed by atoms with van der Waals surface area (Å²) < 4.78 is 4.82. The van der Waals surface area contributed by atoms with Gasteiger partial charge in [-0.2, -0.15) is 0 Å². The Bertz CT molecular complexity index is 759. The van der Waals surface area contributed by atoms with Crippen molar-refractivity contribution in [2.45, 2.75) is 19.9 Å². The van der Waals surface area contributed by atoms with Crippen molar-refractivity contribution >= 4 is 40.7 Å². The van der Waals surface area contributed by atoms with Crippen LogP contribution in [0.1, 0.15) is 24.2 Å². The Morgan fingerprint density at radius 2 is 1.88 bits per heavy atom. The number of furan rings is 1. The maximum absolute atomic E-state index is 12.2. The van der Waals surface area contributed by atoms with Gasteiger partial charge in [0.25, 0.3) is 5.91 Å². The minimum Gasteiger partial charge on any atom is -0.472 e. The van der Waals surface area contributed by atoms with E-state index in [9.17, 15) is 14.4 Å². The molecule has 0 aliphatic heterocycles. The number of benzene rings is 1. The summed E-state index contributed by atoms with van der Waals surface area (Å²) in [5.41, 5.74) is 1.07. The van der Waals surface area contributed by atoms with Gasteiger partial charge in [-0.05, 0) is 31.2 Å². The highest BCUT2D eigenvalue weighted by molar-refractivity contribution is 6.31. The topological polar surface area (TPSA) is 100 Å². The smallest absolute Gasteiger partial charge is 0.255 e. The zero-order chi connectivity index (χ0) is 17.7. The summed E-state index contributed by atoms with van der Waals surface area (Å²) in [7, 11) is 0. The molecule has 1 aromatic heterocycles. The van der Waals surface area contributed by atoms with Crippen LogP contribution in [0, 0.1) is 0 Å². The second kappa shape index (κ2) is 7.65. The van der Waals surface area contributed by atoms with Crippen molar-refractivity contribution in [1.29, 1.82) is 0 Å². The van der Waals surface area contributed by atoms with E-state index >= 15 is 0 Å². The summed E-state index contributed by atoms with van der Waals surface area (Å²) >= 11 is 5.90. The van der Waals surface area contributed by atoms with Crippen molar-refractivity contribution in [3.05, 3.63) is 47.4 Å². The molecule has 0 aliphatic carbocycles. The van der Waals surface area contributed by atoms with Crippen molar-refractivity contribution < 1.29 is 18.8 Å². The molecule has 0 saturated carbocycles. The molecule has 0 aliphatic rings. The Morgan fingerprint density at radius 3 is 2.50 bits per heavy atom. The number of amides is 3. The first kappa shape index (κ1) is 17.6. The second-order valence-electron chi connectivity index (χ2n) is 5.07. The summed E-state index contributed by atoms with van der Waals surface area (Å²) in [6.45, 7) is 2.89. The standard InChI is InChI=1S/C16H16ClN3O4/c1-9(18-16(23)11-5-6-24-8-11)15(22)20-13-4-3-12(17)7-14(13)19-10(2)21/h3-9H,1-2H3,(H,18,23)(H,19,21)(H,20,22). The van der Waals surface area contributed by atoms with E-state index in [4.69, 9.17) is 16.0 Å². The van der Waals surface area contributed by atoms with E-state index < -0.39 is 17.9 Å². The van der Waals surface area contributed by atoms with Gasteiger partial charge in [-0.15, -0.1) is 0 Å². The van der Waals surface area contributed by atoms with Crippen LogP contribution in [-0.2, 0) is 9.59 Å². The number of nitrogens with one attached hydrogen (secondary N) is 3. The number of hydrogen-bond acceptors (Lipinski definition) is 4. The fourth-order valence-electron chi connectivity index (χ4n) is 1.90. The van der Waals surface area contributed by atoms with Gasteiger partial charge in [0, 0.05) is 11.9 Å². The van der Waals surface area contributed by atoms with Crippen molar-refractivity contribution in [1.82, 2.24) is 5.32 Å². The first-order valence-corrected chi connectivity index (χ1v) is 7.45. The first-order chi connectivity index (χ1) is 11.4. The lowest BCUT2D eigenvalue weighted by atomic mass is 10.2. The van der Waals surface area contributed by atoms with E-state index in [0.717, 1.165) is 0 Å². The summed E-state index contributed by atoms with van der Waals surface area (Å²) in [6.07, 6.45) is 2.65. The molecule has 0 saturated heterocycles. The van der Waals surface area contributed by atoms with Crippen LogP contribution in [0.2, 0.25) is 5.02 Å². The first-order valence-electron chi connectivity index (χ1n) is 7.08. The van der Waals surface area contributed by atoms with E-state index in [2.05, 4.69) is 16.0 Å². The number of rotatable bonds is 5. The van der Waals surface area contributed by atoms with Gasteiger partial charge in [0.05, 0.1) is 23.2 Å². The number of halogens is 1. The van der Waals surface area contributed by atoms with Gasteiger partial charge >= 0.3 is 0 Å². The monoisotopic (exact) mass is 349 g/mol. The Balaban J connectivity index is 2.06. The molecule has 0 radical (unpaired) electrons. The third-order valence-electron chi connectivity index (χ3n) is 3.07. The highest BCUT2D eigenvalue weighted by atomic mass is 35.5. The molecule has 7 nitrogen and oxygen atoms in total. The molecule has 1 aromatic carbocycles. The zero-order valence-electron chi connectivity index (χ0n) is 13.1. The van der Waals surface area contributed by atoms with Crippen LogP contribution in [0.25, 0.3) is 0 Å². The fraction of sp³-hybridized carbons (Fsp3) is 0.188. The van der Waals surface area contributed by atoms with Crippen LogP contribution in [0.15, 0.2) is 41.2 Å². The average molecular weight is 350 g/mol.